The third kappa shape index (κ3) is 2.45. The van der Waals surface area contributed by atoms with Crippen molar-refractivity contribution in [3.63, 3.8) is 0 Å². The van der Waals surface area contributed by atoms with Crippen molar-refractivity contribution in [2.24, 2.45) is 5.41 Å². The number of benzene rings is 1. The number of nitrogens with one attached hydrogen (secondary N) is 2. The van der Waals surface area contributed by atoms with E-state index in [1.54, 1.807) is 0 Å². The zero-order valence-electron chi connectivity index (χ0n) is 11.3. The minimum absolute atomic E-state index is 0.499. The maximum atomic E-state index is 3.68. The minimum Gasteiger partial charge on any atom is -0.314 e. The van der Waals surface area contributed by atoms with Crippen LogP contribution in [-0.2, 0) is 6.42 Å². The summed E-state index contributed by atoms with van der Waals surface area (Å²) in [6.07, 6.45) is 5.39. The van der Waals surface area contributed by atoms with E-state index in [0.717, 1.165) is 13.1 Å². The van der Waals surface area contributed by atoms with Gasteiger partial charge in [-0.3, -0.25) is 0 Å². The Hall–Kier alpha value is -0.860. The zero-order chi connectivity index (χ0) is 12.4. The molecule has 1 unspecified atom stereocenters. The van der Waals surface area contributed by atoms with E-state index in [0.29, 0.717) is 11.5 Å². The van der Waals surface area contributed by atoms with Gasteiger partial charge in [-0.2, -0.15) is 0 Å². The van der Waals surface area contributed by atoms with Crippen molar-refractivity contribution in [3.8, 4) is 0 Å². The summed E-state index contributed by atoms with van der Waals surface area (Å²) in [5, 5.41) is 7.31. The predicted octanol–water partition coefficient (Wildman–Crippen LogP) is 2.65. The van der Waals surface area contributed by atoms with Gasteiger partial charge in [-0.1, -0.05) is 37.6 Å². The summed E-state index contributed by atoms with van der Waals surface area (Å²) in [7, 11) is 0. The van der Waals surface area contributed by atoms with E-state index in [1.807, 2.05) is 0 Å². The van der Waals surface area contributed by atoms with E-state index >= 15 is 0 Å². The number of rotatable bonds is 4. The third-order valence-corrected chi connectivity index (χ3v) is 4.68. The highest BCUT2D eigenvalue weighted by molar-refractivity contribution is 5.32. The Morgan fingerprint density at radius 3 is 2.94 bits per heavy atom. The third-order valence-electron chi connectivity index (χ3n) is 4.68. The Morgan fingerprint density at radius 1 is 1.33 bits per heavy atom. The van der Waals surface area contributed by atoms with Crippen LogP contribution in [0.25, 0.3) is 0 Å². The lowest BCUT2D eigenvalue weighted by molar-refractivity contribution is 0.155. The average Bonchev–Trinajstić information content (AvgIpc) is 2.37. The Labute approximate surface area is 110 Å². The molecule has 0 aromatic heterocycles. The highest BCUT2D eigenvalue weighted by atomic mass is 15.0. The van der Waals surface area contributed by atoms with Crippen molar-refractivity contribution >= 4 is 0 Å². The fraction of sp³-hybridized carbons (Fsp3) is 0.625. The maximum absolute atomic E-state index is 3.68. The van der Waals surface area contributed by atoms with E-state index in [9.17, 15) is 0 Å². The molecule has 0 radical (unpaired) electrons. The smallest absolute Gasteiger partial charge is 0.0449 e. The molecule has 18 heavy (non-hydrogen) atoms. The van der Waals surface area contributed by atoms with E-state index in [4.69, 9.17) is 0 Å². The second-order valence-corrected chi connectivity index (χ2v) is 6.25. The lowest BCUT2D eigenvalue weighted by Gasteiger charge is -2.39. The first-order chi connectivity index (χ1) is 8.77. The minimum atomic E-state index is 0.499. The predicted molar refractivity (Wildman–Crippen MR) is 75.7 cm³/mol. The molecule has 0 amide bonds. The van der Waals surface area contributed by atoms with Gasteiger partial charge >= 0.3 is 0 Å². The standard InChI is InChI=1S/C16H24N2/c1-16(8-4-9-16)12-17-11-15-14-6-3-2-5-13(14)7-10-18-15/h2-3,5-6,15,17-18H,4,7-12H2,1H3. The maximum Gasteiger partial charge on any atom is 0.0449 e. The van der Waals surface area contributed by atoms with Gasteiger partial charge in [-0.15, -0.1) is 0 Å². The van der Waals surface area contributed by atoms with Crippen LogP contribution in [0.1, 0.15) is 43.4 Å². The second kappa shape index (κ2) is 5.02. The van der Waals surface area contributed by atoms with Gasteiger partial charge in [-0.25, -0.2) is 0 Å². The summed E-state index contributed by atoms with van der Waals surface area (Å²) in [5.74, 6) is 0. The fourth-order valence-corrected chi connectivity index (χ4v) is 3.25. The first-order valence-electron chi connectivity index (χ1n) is 7.29. The summed E-state index contributed by atoms with van der Waals surface area (Å²) in [6.45, 7) is 5.76. The van der Waals surface area contributed by atoms with Crippen LogP contribution in [0, 0.1) is 5.41 Å². The van der Waals surface area contributed by atoms with E-state index < -0.39 is 0 Å². The normalized spacial score (nSPS) is 25.3. The highest BCUT2D eigenvalue weighted by Gasteiger charge is 2.31. The first kappa shape index (κ1) is 12.2. The van der Waals surface area contributed by atoms with Crippen molar-refractivity contribution in [1.29, 1.82) is 0 Å². The molecule has 1 heterocycles. The van der Waals surface area contributed by atoms with Crippen LogP contribution in [0.4, 0.5) is 0 Å². The molecule has 2 heteroatoms. The van der Waals surface area contributed by atoms with Gasteiger partial charge in [0.2, 0.25) is 0 Å². The number of fused-ring (bicyclic) bond motifs is 1. The molecule has 1 aliphatic carbocycles. The Morgan fingerprint density at radius 2 is 2.17 bits per heavy atom. The highest BCUT2D eigenvalue weighted by Crippen LogP contribution is 2.39. The van der Waals surface area contributed by atoms with E-state index in [-0.39, 0.29) is 0 Å². The summed E-state index contributed by atoms with van der Waals surface area (Å²) in [5.41, 5.74) is 3.60. The van der Waals surface area contributed by atoms with E-state index in [2.05, 4.69) is 41.8 Å². The molecule has 2 aliphatic rings. The molecule has 1 aliphatic heterocycles. The largest absolute Gasteiger partial charge is 0.314 e. The van der Waals surface area contributed by atoms with Crippen LogP contribution in [0.15, 0.2) is 24.3 Å². The quantitative estimate of drug-likeness (QED) is 0.851. The van der Waals surface area contributed by atoms with Gasteiger partial charge in [0, 0.05) is 19.1 Å². The number of hydrogen-bond donors (Lipinski definition) is 2. The monoisotopic (exact) mass is 244 g/mol. The van der Waals surface area contributed by atoms with Crippen LogP contribution in [0.5, 0.6) is 0 Å². The summed E-state index contributed by atoms with van der Waals surface area (Å²) >= 11 is 0. The molecular formula is C16H24N2. The SMILES string of the molecule is CC1(CNCC2NCCc3ccccc32)CCC1. The van der Waals surface area contributed by atoms with Gasteiger partial charge in [0.1, 0.15) is 0 Å². The molecule has 2 N–H and O–H groups in total. The van der Waals surface area contributed by atoms with Gasteiger partial charge < -0.3 is 10.6 Å². The van der Waals surface area contributed by atoms with Crippen LogP contribution in [-0.4, -0.2) is 19.6 Å². The van der Waals surface area contributed by atoms with Crippen molar-refractivity contribution in [1.82, 2.24) is 10.6 Å². The molecule has 1 aromatic rings. The van der Waals surface area contributed by atoms with Crippen molar-refractivity contribution < 1.29 is 0 Å². The van der Waals surface area contributed by atoms with Crippen LogP contribution in [0.2, 0.25) is 0 Å². The molecule has 0 bridgehead atoms. The lowest BCUT2D eigenvalue weighted by atomic mass is 9.70. The summed E-state index contributed by atoms with van der Waals surface area (Å²) < 4.78 is 0. The molecular weight excluding hydrogens is 220 g/mol. The Bertz CT molecular complexity index is 409. The van der Waals surface area contributed by atoms with Crippen molar-refractivity contribution in [2.75, 3.05) is 19.6 Å². The topological polar surface area (TPSA) is 24.1 Å². The summed E-state index contributed by atoms with van der Waals surface area (Å²) in [4.78, 5) is 0. The van der Waals surface area contributed by atoms with Gasteiger partial charge in [0.15, 0.2) is 0 Å². The number of hydrogen-bond acceptors (Lipinski definition) is 2. The van der Waals surface area contributed by atoms with Gasteiger partial charge in [0.05, 0.1) is 0 Å². The Kier molecular flexibility index (Phi) is 3.40. The van der Waals surface area contributed by atoms with Crippen molar-refractivity contribution in [2.45, 2.75) is 38.6 Å². The second-order valence-electron chi connectivity index (χ2n) is 6.25. The molecule has 1 saturated carbocycles. The molecule has 2 nitrogen and oxygen atoms in total. The van der Waals surface area contributed by atoms with Crippen LogP contribution >= 0.6 is 0 Å². The fourth-order valence-electron chi connectivity index (χ4n) is 3.25. The van der Waals surface area contributed by atoms with E-state index in [1.165, 1.54) is 43.4 Å². The molecule has 1 aromatic carbocycles. The lowest BCUT2D eigenvalue weighted by Crippen LogP contribution is -2.42. The first-order valence-corrected chi connectivity index (χ1v) is 7.29. The zero-order valence-corrected chi connectivity index (χ0v) is 11.3. The van der Waals surface area contributed by atoms with Gasteiger partial charge in [0.25, 0.3) is 0 Å². The molecule has 1 atom stereocenters. The molecule has 98 valence electrons. The molecule has 1 fully saturated rings. The molecule has 3 rings (SSSR count). The molecule has 0 saturated heterocycles. The van der Waals surface area contributed by atoms with Crippen molar-refractivity contribution in [3.05, 3.63) is 35.4 Å². The van der Waals surface area contributed by atoms with Gasteiger partial charge in [-0.05, 0) is 42.3 Å². The molecule has 0 spiro atoms. The Balaban J connectivity index is 1.57. The van der Waals surface area contributed by atoms with Crippen LogP contribution < -0.4 is 10.6 Å². The van der Waals surface area contributed by atoms with Crippen LogP contribution in [0.3, 0.4) is 0 Å². The summed E-state index contributed by atoms with van der Waals surface area (Å²) in [6, 6.07) is 9.37. The average molecular weight is 244 g/mol.